The van der Waals surface area contributed by atoms with Gasteiger partial charge in [-0.05, 0) is 34.6 Å². The summed E-state index contributed by atoms with van der Waals surface area (Å²) in [5.74, 6) is 1.83. The predicted octanol–water partition coefficient (Wildman–Crippen LogP) is 4.61. The van der Waals surface area contributed by atoms with E-state index in [2.05, 4.69) is 23.4 Å². The van der Waals surface area contributed by atoms with Crippen LogP contribution in [0, 0.1) is 15.3 Å². The first kappa shape index (κ1) is 15.0. The molecule has 0 radical (unpaired) electrons. The Kier molecular flexibility index (Phi) is 5.06. The van der Waals surface area contributed by atoms with Gasteiger partial charge >= 0.3 is 0 Å². The van der Waals surface area contributed by atoms with Gasteiger partial charge in [-0.15, -0.1) is 11.6 Å². The second-order valence-electron chi connectivity index (χ2n) is 4.85. The van der Waals surface area contributed by atoms with Crippen molar-refractivity contribution in [3.63, 3.8) is 0 Å². The first-order chi connectivity index (χ1) is 9.06. The Morgan fingerprint density at radius 1 is 1.47 bits per heavy atom. The van der Waals surface area contributed by atoms with Crippen molar-refractivity contribution in [2.75, 3.05) is 5.88 Å². The lowest BCUT2D eigenvalue weighted by Gasteiger charge is -2.13. The Labute approximate surface area is 131 Å². The van der Waals surface area contributed by atoms with Crippen LogP contribution in [-0.4, -0.2) is 15.4 Å². The first-order valence-electron chi connectivity index (χ1n) is 6.47. The maximum atomic E-state index is 13.8. The molecule has 0 fully saturated rings. The zero-order valence-electron chi connectivity index (χ0n) is 11.1. The van der Waals surface area contributed by atoms with Crippen molar-refractivity contribution in [3.8, 4) is 0 Å². The van der Waals surface area contributed by atoms with Crippen molar-refractivity contribution in [1.29, 1.82) is 0 Å². The van der Waals surface area contributed by atoms with E-state index in [1.54, 1.807) is 12.1 Å². The van der Waals surface area contributed by atoms with E-state index >= 15 is 0 Å². The number of fused-ring (bicyclic) bond motifs is 1. The predicted molar refractivity (Wildman–Crippen MR) is 86.3 cm³/mol. The van der Waals surface area contributed by atoms with Crippen molar-refractivity contribution >= 4 is 45.2 Å². The van der Waals surface area contributed by atoms with Crippen LogP contribution in [0.1, 0.15) is 26.1 Å². The van der Waals surface area contributed by atoms with Gasteiger partial charge in [0.15, 0.2) is 0 Å². The van der Waals surface area contributed by atoms with Gasteiger partial charge in [0.05, 0.1) is 14.6 Å². The zero-order valence-corrected chi connectivity index (χ0v) is 14.0. The average Bonchev–Trinajstić information content (AvgIpc) is 2.68. The van der Waals surface area contributed by atoms with Gasteiger partial charge in [-0.25, -0.2) is 9.37 Å². The molecule has 0 saturated heterocycles. The van der Waals surface area contributed by atoms with Crippen molar-refractivity contribution in [2.45, 2.75) is 33.2 Å². The third-order valence-electron chi connectivity index (χ3n) is 3.38. The molecule has 0 spiro atoms. The fraction of sp³-hybridized carbons (Fsp3) is 0.500. The van der Waals surface area contributed by atoms with Crippen LogP contribution in [0.4, 0.5) is 4.39 Å². The number of hydrogen-bond acceptors (Lipinski definition) is 1. The number of halogens is 3. The van der Waals surface area contributed by atoms with Gasteiger partial charge in [0, 0.05) is 24.9 Å². The lowest BCUT2D eigenvalue weighted by molar-refractivity contribution is 0.466. The molecule has 19 heavy (non-hydrogen) atoms. The summed E-state index contributed by atoms with van der Waals surface area (Å²) in [6, 6.07) is 3.39. The number of aromatic nitrogens is 2. The molecule has 1 atom stereocenters. The van der Waals surface area contributed by atoms with E-state index in [4.69, 9.17) is 11.6 Å². The van der Waals surface area contributed by atoms with Crippen molar-refractivity contribution in [3.05, 3.63) is 27.3 Å². The summed E-state index contributed by atoms with van der Waals surface area (Å²) in [6.07, 6.45) is 1.80. The first-order valence-corrected chi connectivity index (χ1v) is 8.08. The van der Waals surface area contributed by atoms with Crippen LogP contribution in [-0.2, 0) is 13.0 Å². The number of hydrogen-bond donors (Lipinski definition) is 0. The molecule has 0 aliphatic rings. The van der Waals surface area contributed by atoms with Gasteiger partial charge in [0.25, 0.3) is 0 Å². The lowest BCUT2D eigenvalue weighted by Crippen LogP contribution is -2.10. The molecule has 1 heterocycles. The standard InChI is InChI=1S/C14H17ClFIN2/c1-3-9(2)8-19-13-6-10(16)11(17)7-12(13)18-14(19)4-5-15/h6-7,9H,3-5,8H2,1-2H3. The quantitative estimate of drug-likeness (QED) is 0.535. The number of rotatable bonds is 5. The summed E-state index contributed by atoms with van der Waals surface area (Å²) >= 11 is 7.84. The minimum Gasteiger partial charge on any atom is -0.328 e. The molecule has 2 aromatic rings. The topological polar surface area (TPSA) is 17.8 Å². The van der Waals surface area contributed by atoms with Crippen LogP contribution in [0.2, 0.25) is 0 Å². The van der Waals surface area contributed by atoms with Crippen LogP contribution >= 0.6 is 34.2 Å². The maximum Gasteiger partial charge on any atom is 0.138 e. The van der Waals surface area contributed by atoms with Crippen molar-refractivity contribution in [1.82, 2.24) is 9.55 Å². The molecule has 0 aliphatic carbocycles. The lowest BCUT2D eigenvalue weighted by atomic mass is 10.1. The Morgan fingerprint density at radius 3 is 2.84 bits per heavy atom. The minimum absolute atomic E-state index is 0.184. The number of imidazole rings is 1. The highest BCUT2D eigenvalue weighted by molar-refractivity contribution is 14.1. The molecule has 5 heteroatoms. The molecule has 0 bridgehead atoms. The molecule has 0 N–H and O–H groups in total. The Hall–Kier alpha value is -0.360. The molecule has 2 rings (SSSR count). The van der Waals surface area contributed by atoms with E-state index in [0.29, 0.717) is 21.8 Å². The Morgan fingerprint density at radius 2 is 2.21 bits per heavy atom. The largest absolute Gasteiger partial charge is 0.328 e. The third kappa shape index (κ3) is 3.21. The second kappa shape index (κ2) is 6.39. The second-order valence-corrected chi connectivity index (χ2v) is 6.39. The summed E-state index contributed by atoms with van der Waals surface area (Å²) in [4.78, 5) is 4.60. The molecule has 0 amide bonds. The van der Waals surface area contributed by atoms with Gasteiger partial charge in [-0.2, -0.15) is 0 Å². The molecule has 2 nitrogen and oxygen atoms in total. The van der Waals surface area contributed by atoms with Crippen LogP contribution in [0.25, 0.3) is 11.0 Å². The highest BCUT2D eigenvalue weighted by Gasteiger charge is 2.14. The smallest absolute Gasteiger partial charge is 0.138 e. The molecule has 104 valence electrons. The van der Waals surface area contributed by atoms with E-state index in [1.165, 1.54) is 0 Å². The highest BCUT2D eigenvalue weighted by Crippen LogP contribution is 2.23. The summed E-state index contributed by atoms with van der Waals surface area (Å²) in [5, 5.41) is 0. The van der Waals surface area contributed by atoms with Crippen molar-refractivity contribution < 1.29 is 4.39 Å². The van der Waals surface area contributed by atoms with Gasteiger partial charge in [0.2, 0.25) is 0 Å². The van der Waals surface area contributed by atoms with Crippen LogP contribution < -0.4 is 0 Å². The maximum absolute atomic E-state index is 13.8. The van der Waals surface area contributed by atoms with Crippen LogP contribution in [0.3, 0.4) is 0 Å². The number of nitrogens with zero attached hydrogens (tertiary/aromatic N) is 2. The van der Waals surface area contributed by atoms with E-state index in [0.717, 1.165) is 29.8 Å². The molecular weight excluding hydrogens is 378 g/mol. The molecule has 1 aromatic heterocycles. The number of aryl methyl sites for hydroxylation is 1. The van der Waals surface area contributed by atoms with Crippen LogP contribution in [0.5, 0.6) is 0 Å². The normalized spacial score (nSPS) is 13.1. The number of benzene rings is 1. The molecule has 0 saturated carbocycles. The molecule has 1 aromatic carbocycles. The third-order valence-corrected chi connectivity index (χ3v) is 4.39. The molecule has 0 aliphatic heterocycles. The SMILES string of the molecule is CCC(C)Cn1c(CCCl)nc2cc(I)c(F)cc21. The minimum atomic E-state index is -0.184. The van der Waals surface area contributed by atoms with Crippen molar-refractivity contribution in [2.24, 2.45) is 5.92 Å². The average molecular weight is 395 g/mol. The summed E-state index contributed by atoms with van der Waals surface area (Å²) in [5.41, 5.74) is 1.73. The Bertz CT molecular complexity index is 582. The van der Waals surface area contributed by atoms with Gasteiger partial charge < -0.3 is 4.57 Å². The fourth-order valence-corrected chi connectivity index (χ4v) is 2.71. The number of alkyl halides is 1. The Balaban J connectivity index is 2.55. The monoisotopic (exact) mass is 394 g/mol. The molecule has 1 unspecified atom stereocenters. The zero-order chi connectivity index (χ0) is 14.0. The van der Waals surface area contributed by atoms with E-state index in [1.807, 2.05) is 22.6 Å². The highest BCUT2D eigenvalue weighted by atomic mass is 127. The fourth-order valence-electron chi connectivity index (χ4n) is 2.09. The van der Waals surface area contributed by atoms with E-state index < -0.39 is 0 Å². The van der Waals surface area contributed by atoms with Gasteiger partial charge in [0.1, 0.15) is 11.6 Å². The summed E-state index contributed by atoms with van der Waals surface area (Å²) < 4.78 is 16.5. The van der Waals surface area contributed by atoms with E-state index in [-0.39, 0.29) is 5.82 Å². The summed E-state index contributed by atoms with van der Waals surface area (Å²) in [7, 11) is 0. The van der Waals surface area contributed by atoms with Crippen LogP contribution in [0.15, 0.2) is 12.1 Å². The van der Waals surface area contributed by atoms with E-state index in [9.17, 15) is 4.39 Å². The van der Waals surface area contributed by atoms with Gasteiger partial charge in [-0.3, -0.25) is 0 Å². The van der Waals surface area contributed by atoms with Gasteiger partial charge in [-0.1, -0.05) is 20.3 Å². The molecular formula is C14H17ClFIN2. The summed E-state index contributed by atoms with van der Waals surface area (Å²) in [6.45, 7) is 5.22.